The van der Waals surface area contributed by atoms with Gasteiger partial charge < -0.3 is 16.2 Å². The number of guanidine groups is 1. The molecule has 2 aliphatic heterocycles. The fourth-order valence-corrected chi connectivity index (χ4v) is 5.75. The minimum atomic E-state index is -1.12. The van der Waals surface area contributed by atoms with Gasteiger partial charge in [0, 0.05) is 30.3 Å². The number of carbonyl (C=O) groups excluding carboxylic acids is 1. The first-order valence-corrected chi connectivity index (χ1v) is 13.3. The van der Waals surface area contributed by atoms with Crippen molar-refractivity contribution >= 4 is 29.2 Å². The highest BCUT2D eigenvalue weighted by atomic mass is 35.5. The minimum Gasteiger partial charge on any atom is -0.369 e. The number of aliphatic hydroxyl groups excluding tert-OH is 1. The van der Waals surface area contributed by atoms with Gasteiger partial charge in [-0.05, 0) is 66.5 Å². The lowest BCUT2D eigenvalue weighted by Gasteiger charge is -2.37. The number of nitrogens with one attached hydrogen (secondary N) is 1. The molecule has 37 heavy (non-hydrogen) atoms. The largest absolute Gasteiger partial charge is 0.369 e. The van der Waals surface area contributed by atoms with Crippen molar-refractivity contribution < 1.29 is 9.90 Å². The van der Waals surface area contributed by atoms with Crippen LogP contribution in [-0.4, -0.2) is 52.8 Å². The maximum atomic E-state index is 14.2. The number of nitrogens with zero attached hydrogens (tertiary/aromatic N) is 3. The molecule has 8 heteroatoms. The third-order valence-corrected chi connectivity index (χ3v) is 7.98. The van der Waals surface area contributed by atoms with Crippen LogP contribution in [0.1, 0.15) is 31.7 Å². The van der Waals surface area contributed by atoms with E-state index in [-0.39, 0.29) is 23.7 Å². The molecule has 2 aromatic carbocycles. The lowest BCUT2D eigenvalue weighted by atomic mass is 9.74. The predicted octanol–water partition coefficient (Wildman–Crippen LogP) is 4.31. The first-order chi connectivity index (χ1) is 17.9. The molecule has 0 spiro atoms. The summed E-state index contributed by atoms with van der Waals surface area (Å²) < 4.78 is 0. The molecule has 1 fully saturated rings. The van der Waals surface area contributed by atoms with E-state index in [0.717, 1.165) is 36.1 Å². The second kappa shape index (κ2) is 10.7. The molecule has 4 N–H and O–H groups in total. The van der Waals surface area contributed by atoms with Gasteiger partial charge in [0.2, 0.25) is 0 Å². The van der Waals surface area contributed by atoms with E-state index in [1.807, 2.05) is 59.5 Å². The van der Waals surface area contributed by atoms with Gasteiger partial charge in [-0.3, -0.25) is 14.6 Å². The van der Waals surface area contributed by atoms with Gasteiger partial charge in [-0.25, -0.2) is 4.99 Å². The maximum Gasteiger partial charge on any atom is 0.266 e. The Hall–Kier alpha value is -3.13. The van der Waals surface area contributed by atoms with Crippen LogP contribution in [0.15, 0.2) is 83.4 Å². The van der Waals surface area contributed by atoms with E-state index < -0.39 is 11.9 Å². The second-order valence-corrected chi connectivity index (χ2v) is 10.6. The van der Waals surface area contributed by atoms with E-state index in [9.17, 15) is 9.90 Å². The summed E-state index contributed by atoms with van der Waals surface area (Å²) >= 11 is 5.95. The summed E-state index contributed by atoms with van der Waals surface area (Å²) in [7, 11) is 0. The van der Waals surface area contributed by atoms with Crippen LogP contribution < -0.4 is 11.1 Å². The first kappa shape index (κ1) is 25.5. The van der Waals surface area contributed by atoms with Gasteiger partial charge in [-0.15, -0.1) is 0 Å². The van der Waals surface area contributed by atoms with Crippen molar-refractivity contribution in [1.82, 2.24) is 9.80 Å². The van der Waals surface area contributed by atoms with Gasteiger partial charge in [0.25, 0.3) is 5.91 Å². The molecule has 3 aliphatic rings. The SMILES string of the molecule is CC1CC=CC=C1C1(c2ccccc2)N=C(N)N(CC2CCN([C@@H](O)Nc3ccc(Cl)cc3)CC2)C1=O. The number of hydrogen-bond donors (Lipinski definition) is 3. The average Bonchev–Trinajstić information content (AvgIpc) is 3.16. The Morgan fingerprint density at radius 3 is 2.54 bits per heavy atom. The highest BCUT2D eigenvalue weighted by Crippen LogP contribution is 2.45. The van der Waals surface area contributed by atoms with Gasteiger partial charge >= 0.3 is 0 Å². The number of amides is 1. The number of anilines is 1. The third kappa shape index (κ3) is 5.04. The molecule has 0 aromatic heterocycles. The molecule has 3 atom stereocenters. The average molecular weight is 520 g/mol. The molecule has 0 bridgehead atoms. The van der Waals surface area contributed by atoms with Gasteiger partial charge in [0.1, 0.15) is 0 Å². The molecule has 2 unspecified atom stereocenters. The van der Waals surface area contributed by atoms with E-state index >= 15 is 0 Å². The van der Waals surface area contributed by atoms with E-state index in [2.05, 4.69) is 18.3 Å². The van der Waals surface area contributed by atoms with Crippen LogP contribution in [0.25, 0.3) is 0 Å². The maximum absolute atomic E-state index is 14.2. The summed E-state index contributed by atoms with van der Waals surface area (Å²) in [6.45, 7) is 4.08. The molecule has 1 saturated heterocycles. The number of likely N-dealkylation sites (tertiary alicyclic amines) is 1. The van der Waals surface area contributed by atoms with Crippen LogP contribution in [0, 0.1) is 11.8 Å². The van der Waals surface area contributed by atoms with Crippen molar-refractivity contribution in [3.05, 3.63) is 89.0 Å². The van der Waals surface area contributed by atoms with Crippen molar-refractivity contribution in [1.29, 1.82) is 0 Å². The monoisotopic (exact) mass is 519 g/mol. The van der Waals surface area contributed by atoms with E-state index in [1.54, 1.807) is 17.0 Å². The fraction of sp³-hybridized carbons (Fsp3) is 0.379. The number of aliphatic imine (C=N–C) groups is 1. The zero-order valence-electron chi connectivity index (χ0n) is 21.1. The number of benzene rings is 2. The molecular formula is C29H34ClN5O2. The molecule has 2 heterocycles. The Kier molecular flexibility index (Phi) is 7.38. The number of allylic oxidation sites excluding steroid dienone is 3. The smallest absolute Gasteiger partial charge is 0.266 e. The van der Waals surface area contributed by atoms with Crippen molar-refractivity contribution in [2.45, 2.75) is 38.1 Å². The zero-order chi connectivity index (χ0) is 26.0. The number of rotatable bonds is 7. The van der Waals surface area contributed by atoms with Crippen LogP contribution in [0.4, 0.5) is 5.69 Å². The summed E-state index contributed by atoms with van der Waals surface area (Å²) in [5.74, 6) is 0.657. The van der Waals surface area contributed by atoms with E-state index in [4.69, 9.17) is 22.3 Å². The topological polar surface area (TPSA) is 94.2 Å². The molecule has 0 saturated carbocycles. The molecular weight excluding hydrogens is 486 g/mol. The Bertz CT molecular complexity index is 1200. The van der Waals surface area contributed by atoms with Gasteiger partial charge in [0.15, 0.2) is 17.9 Å². The Morgan fingerprint density at radius 2 is 1.86 bits per heavy atom. The standard InChI is InChI=1S/C29H34ClN5O2/c1-20-7-5-6-10-25(20)29(22-8-3-2-4-9-22)26(36)35(27(31)33-29)19-21-15-17-34(18-16-21)28(37)32-24-13-11-23(30)12-14-24/h2-6,8-14,20-21,28,32,37H,7,15-19H2,1H3,(H2,31,33)/t20?,28-,29?/m0/s1. The highest BCUT2D eigenvalue weighted by molar-refractivity contribution is 6.30. The Labute approximate surface area is 223 Å². The molecule has 194 valence electrons. The highest BCUT2D eigenvalue weighted by Gasteiger charge is 2.53. The van der Waals surface area contributed by atoms with Gasteiger partial charge in [0.05, 0.1) is 0 Å². The first-order valence-electron chi connectivity index (χ1n) is 12.9. The summed E-state index contributed by atoms with van der Waals surface area (Å²) in [5.41, 5.74) is 8.00. The van der Waals surface area contributed by atoms with Gasteiger partial charge in [-0.2, -0.15) is 0 Å². The van der Waals surface area contributed by atoms with E-state index in [1.165, 1.54) is 0 Å². The number of carbonyl (C=O) groups is 1. The van der Waals surface area contributed by atoms with Crippen molar-refractivity contribution in [3.8, 4) is 0 Å². The summed E-state index contributed by atoms with van der Waals surface area (Å²) in [5, 5.41) is 14.5. The summed E-state index contributed by atoms with van der Waals surface area (Å²) in [4.78, 5) is 22.7. The van der Waals surface area contributed by atoms with Crippen LogP contribution in [0.2, 0.25) is 5.02 Å². The van der Waals surface area contributed by atoms with Gasteiger partial charge in [-0.1, -0.05) is 67.1 Å². The number of aliphatic hydroxyl groups is 1. The molecule has 7 nitrogen and oxygen atoms in total. The van der Waals surface area contributed by atoms with Crippen LogP contribution in [0.5, 0.6) is 0 Å². The normalized spacial score (nSPS) is 25.6. The van der Waals surface area contributed by atoms with Crippen LogP contribution in [-0.2, 0) is 10.3 Å². The lowest BCUT2D eigenvalue weighted by Crippen LogP contribution is -2.50. The number of hydrogen-bond acceptors (Lipinski definition) is 6. The van der Waals surface area contributed by atoms with Crippen molar-refractivity contribution in [3.63, 3.8) is 0 Å². The minimum absolute atomic E-state index is 0.0727. The number of piperidine rings is 1. The molecule has 5 rings (SSSR count). The number of nitrogens with two attached hydrogens (primary N) is 1. The van der Waals surface area contributed by atoms with Crippen LogP contribution >= 0.6 is 11.6 Å². The second-order valence-electron chi connectivity index (χ2n) is 10.2. The Morgan fingerprint density at radius 1 is 1.16 bits per heavy atom. The number of halogens is 1. The van der Waals surface area contributed by atoms with Crippen LogP contribution in [0.3, 0.4) is 0 Å². The van der Waals surface area contributed by atoms with Crippen molar-refractivity contribution in [2.24, 2.45) is 22.6 Å². The molecule has 2 aromatic rings. The zero-order valence-corrected chi connectivity index (χ0v) is 21.8. The van der Waals surface area contributed by atoms with E-state index in [0.29, 0.717) is 24.7 Å². The summed E-state index contributed by atoms with van der Waals surface area (Å²) in [6, 6.07) is 17.0. The molecule has 1 aliphatic carbocycles. The molecule has 1 amide bonds. The lowest BCUT2D eigenvalue weighted by molar-refractivity contribution is -0.131. The quantitative estimate of drug-likeness (QED) is 0.474. The molecule has 0 radical (unpaired) electrons. The Balaban J connectivity index is 1.28. The third-order valence-electron chi connectivity index (χ3n) is 7.73. The van der Waals surface area contributed by atoms with Crippen molar-refractivity contribution in [2.75, 3.05) is 25.0 Å². The fourth-order valence-electron chi connectivity index (χ4n) is 5.63. The summed E-state index contributed by atoms with van der Waals surface area (Å²) in [6.07, 6.45) is 7.94. The predicted molar refractivity (Wildman–Crippen MR) is 148 cm³/mol.